The molecule has 75 heavy (non-hydrogen) atoms. The molecule has 2 aromatic carbocycles. The number of amides is 2. The van der Waals surface area contributed by atoms with E-state index in [0.717, 1.165) is 50.9 Å². The molecule has 0 radical (unpaired) electrons. The van der Waals surface area contributed by atoms with Gasteiger partial charge in [0.2, 0.25) is 11.8 Å². The Labute approximate surface area is 442 Å². The molecule has 0 aliphatic carbocycles. The van der Waals surface area contributed by atoms with E-state index in [0.29, 0.717) is 55.6 Å². The highest BCUT2D eigenvalue weighted by Gasteiger charge is 2.46. The molecule has 0 bridgehead atoms. The van der Waals surface area contributed by atoms with E-state index >= 15 is 0 Å². The Morgan fingerprint density at radius 3 is 1.55 bits per heavy atom. The summed E-state index contributed by atoms with van der Waals surface area (Å²) in [5.74, 6) is -0.0493. The minimum Gasteiger partial charge on any atom is -0.475 e. The van der Waals surface area contributed by atoms with Crippen molar-refractivity contribution in [2.75, 3.05) is 63.5 Å². The average molecular weight is 1060 g/mol. The summed E-state index contributed by atoms with van der Waals surface area (Å²) in [5.41, 5.74) is 3.35. The van der Waals surface area contributed by atoms with Crippen LogP contribution in [0.1, 0.15) is 82.1 Å². The molecule has 2 aliphatic rings. The summed E-state index contributed by atoms with van der Waals surface area (Å²) >= 11 is 5.18. The fourth-order valence-corrected chi connectivity index (χ4v) is 8.32. The van der Waals surface area contributed by atoms with E-state index in [2.05, 4.69) is 46.3 Å². The number of nitrogens with zero attached hydrogens (tertiary/aromatic N) is 5. The number of fused-ring (bicyclic) bond motifs is 2. The normalized spacial score (nSPS) is 17.7. The highest BCUT2D eigenvalue weighted by Crippen LogP contribution is 2.33. The van der Waals surface area contributed by atoms with Gasteiger partial charge in [-0.15, -0.1) is 11.6 Å². The quantitative estimate of drug-likeness (QED) is 0.0482. The average Bonchev–Trinajstić information content (AvgIpc) is 4.18. The number of carbonyl (C=O) groups is 4. The van der Waals surface area contributed by atoms with Gasteiger partial charge in [0.15, 0.2) is 11.2 Å². The zero-order chi connectivity index (χ0) is 54.7. The molecule has 2 fully saturated rings. The number of alkyl halides is 1. The Morgan fingerprint density at radius 2 is 1.16 bits per heavy atom. The lowest BCUT2D eigenvalue weighted by molar-refractivity contribution is -0.156. The van der Waals surface area contributed by atoms with Crippen LogP contribution in [0.25, 0.3) is 44.3 Å². The van der Waals surface area contributed by atoms with Gasteiger partial charge in [0, 0.05) is 91.7 Å². The van der Waals surface area contributed by atoms with Gasteiger partial charge in [0.1, 0.15) is 28.5 Å². The Balaban J connectivity index is 0.000000214. The van der Waals surface area contributed by atoms with Crippen LogP contribution in [0.2, 0.25) is 0 Å². The second kappa shape index (κ2) is 24.8. The van der Waals surface area contributed by atoms with E-state index in [9.17, 15) is 19.2 Å². The highest BCUT2D eigenvalue weighted by molar-refractivity contribution is 6.26. The zero-order valence-electron chi connectivity index (χ0n) is 44.9. The van der Waals surface area contributed by atoms with Crippen molar-refractivity contribution >= 4 is 68.5 Å². The number of aromatic nitrogens is 6. The van der Waals surface area contributed by atoms with Crippen molar-refractivity contribution in [3.8, 4) is 34.3 Å². The Kier molecular flexibility index (Phi) is 19.0. The molecule has 8 rings (SSSR count). The molecule has 6 heterocycles. The van der Waals surface area contributed by atoms with Crippen LogP contribution < -0.4 is 25.4 Å². The standard InChI is InChI=1S/C27H35N5O5.C21H25N5O3.C6H11ClO2/c1-17(2)36-22-10-7-18(14-28-22)24-20-13-19(8-9-21(20)30-31-24)29-25(34)27(35-6)11-12-32(16-27)15-23(33)37-26(3,4)5;1-13(2)29-18-7-4-14(11-23-18)19-16-10-15(5-6-17(16)25-26-19)24-20(27)21(28-3)8-9-22-12-21;1-6(2,3)9-5(8)4-7/h7-10,13-14,17H,11-12,15-16H2,1-6H3,(H,29,34)(H,30,31);4-7,10-11,13,22H,8-9,12H2,1-3H3,(H,24,27)(H,25,26);4H2,1-3H3/t27-;21-;/m00./s1. The van der Waals surface area contributed by atoms with Crippen LogP contribution in [0.15, 0.2) is 73.1 Å². The fraction of sp³-hybridized carbons (Fsp3) is 0.481. The largest absolute Gasteiger partial charge is 0.475 e. The Morgan fingerprint density at radius 1 is 0.680 bits per heavy atom. The summed E-state index contributed by atoms with van der Waals surface area (Å²) in [4.78, 5) is 59.5. The van der Waals surface area contributed by atoms with Gasteiger partial charge in [-0.25, -0.2) is 9.97 Å². The number of H-pyrrole nitrogens is 2. The summed E-state index contributed by atoms with van der Waals surface area (Å²) in [7, 11) is 3.09. The third-order valence-electron chi connectivity index (χ3n) is 11.7. The number of benzene rings is 2. The molecular formula is C54H71ClN10O10. The van der Waals surface area contributed by atoms with Crippen molar-refractivity contribution in [2.24, 2.45) is 0 Å². The Hall–Kier alpha value is -6.71. The molecule has 2 aliphatic heterocycles. The third-order valence-corrected chi connectivity index (χ3v) is 11.9. The number of aromatic amines is 2. The number of anilines is 2. The summed E-state index contributed by atoms with van der Waals surface area (Å²) in [6.07, 6.45) is 4.67. The van der Waals surface area contributed by atoms with Crippen LogP contribution in [0.5, 0.6) is 11.8 Å². The van der Waals surface area contributed by atoms with E-state index in [-0.39, 0.29) is 48.4 Å². The first kappa shape index (κ1) is 57.6. The summed E-state index contributed by atoms with van der Waals surface area (Å²) < 4.78 is 32.7. The van der Waals surface area contributed by atoms with Gasteiger partial charge >= 0.3 is 11.9 Å². The first-order chi connectivity index (χ1) is 35.4. The number of carbonyl (C=O) groups excluding carboxylic acids is 4. The van der Waals surface area contributed by atoms with Crippen molar-refractivity contribution in [3.63, 3.8) is 0 Å². The SMILES string of the molecule is CC(C)(C)OC(=O)CCl.CO[C@@]1(C(=O)Nc2ccc3[nH]nc(-c4ccc(OC(C)C)nc4)c3c2)CCN(CC(=O)OC(C)(C)C)C1.CO[C@@]1(C(=O)Nc2ccc3[nH]nc(-c4ccc(OC(C)C)nc4)c3c2)CCNC1. The number of nitrogens with one attached hydrogen (secondary N) is 5. The predicted molar refractivity (Wildman–Crippen MR) is 288 cm³/mol. The molecule has 2 amide bonds. The summed E-state index contributed by atoms with van der Waals surface area (Å²) in [6, 6.07) is 18.7. The molecule has 6 aromatic rings. The number of pyridine rings is 2. The number of methoxy groups -OCH3 is 2. The number of rotatable bonds is 15. The molecule has 20 nitrogen and oxygen atoms in total. The Bertz CT molecular complexity index is 2890. The van der Waals surface area contributed by atoms with Crippen molar-refractivity contribution in [1.82, 2.24) is 40.6 Å². The molecule has 21 heteroatoms. The molecule has 2 saturated heterocycles. The number of ether oxygens (including phenoxy) is 6. The van der Waals surface area contributed by atoms with Gasteiger partial charge in [0.25, 0.3) is 11.8 Å². The summed E-state index contributed by atoms with van der Waals surface area (Å²) in [6.45, 7) is 20.9. The van der Waals surface area contributed by atoms with Crippen molar-refractivity contribution < 1.29 is 47.6 Å². The maximum Gasteiger partial charge on any atom is 0.321 e. The van der Waals surface area contributed by atoms with E-state index < -0.39 is 22.4 Å². The van der Waals surface area contributed by atoms with Crippen LogP contribution in [0.3, 0.4) is 0 Å². The number of esters is 2. The molecular weight excluding hydrogens is 984 g/mol. The van der Waals surface area contributed by atoms with Crippen LogP contribution in [-0.4, -0.2) is 146 Å². The van der Waals surface area contributed by atoms with Crippen LogP contribution in [0.4, 0.5) is 11.4 Å². The molecule has 4 aromatic heterocycles. The monoisotopic (exact) mass is 1050 g/mol. The molecule has 404 valence electrons. The smallest absolute Gasteiger partial charge is 0.321 e. The van der Waals surface area contributed by atoms with Gasteiger partial charge in [0.05, 0.1) is 29.8 Å². The van der Waals surface area contributed by atoms with Crippen LogP contribution >= 0.6 is 11.6 Å². The van der Waals surface area contributed by atoms with Gasteiger partial charge in [-0.2, -0.15) is 10.2 Å². The van der Waals surface area contributed by atoms with E-state index in [1.54, 1.807) is 40.3 Å². The minimum absolute atomic E-state index is 0.0374. The number of likely N-dealkylation sites (tertiary alicyclic amines) is 1. The highest BCUT2D eigenvalue weighted by atomic mass is 35.5. The zero-order valence-corrected chi connectivity index (χ0v) is 45.7. The van der Waals surface area contributed by atoms with Gasteiger partial charge < -0.3 is 44.4 Å². The lowest BCUT2D eigenvalue weighted by Crippen LogP contribution is -2.47. The number of hydrogen-bond acceptors (Lipinski definition) is 16. The molecule has 0 spiro atoms. The van der Waals surface area contributed by atoms with Crippen molar-refractivity contribution in [2.45, 2.75) is 117 Å². The number of hydrogen-bond donors (Lipinski definition) is 5. The van der Waals surface area contributed by atoms with Gasteiger partial charge in [-0.1, -0.05) is 0 Å². The predicted octanol–water partition coefficient (Wildman–Crippen LogP) is 8.08. The second-order valence-electron chi connectivity index (χ2n) is 20.8. The molecule has 0 saturated carbocycles. The second-order valence-corrected chi connectivity index (χ2v) is 21.0. The maximum atomic E-state index is 13.4. The maximum absolute atomic E-state index is 13.4. The first-order valence-electron chi connectivity index (χ1n) is 24.8. The minimum atomic E-state index is -1.06. The van der Waals surface area contributed by atoms with E-state index in [1.807, 2.05) is 114 Å². The molecule has 0 unspecified atom stereocenters. The summed E-state index contributed by atoms with van der Waals surface area (Å²) in [5, 5.41) is 25.9. The molecule has 2 atom stereocenters. The molecule has 5 N–H and O–H groups in total. The lowest BCUT2D eigenvalue weighted by Gasteiger charge is -2.27. The van der Waals surface area contributed by atoms with E-state index in [4.69, 9.17) is 40.0 Å². The first-order valence-corrected chi connectivity index (χ1v) is 25.4. The number of halogens is 1. The van der Waals surface area contributed by atoms with Crippen molar-refractivity contribution in [3.05, 3.63) is 73.1 Å². The van der Waals surface area contributed by atoms with E-state index in [1.165, 1.54) is 7.11 Å². The van der Waals surface area contributed by atoms with Crippen molar-refractivity contribution in [1.29, 1.82) is 0 Å². The van der Waals surface area contributed by atoms with Crippen LogP contribution in [0, 0.1) is 0 Å². The fourth-order valence-electron chi connectivity index (χ4n) is 8.27. The topological polar surface area (TPSA) is 246 Å². The van der Waals surface area contributed by atoms with Gasteiger partial charge in [-0.05, 0) is 137 Å². The lowest BCUT2D eigenvalue weighted by atomic mass is 10.0. The van der Waals surface area contributed by atoms with Gasteiger partial charge in [-0.3, -0.25) is 34.3 Å². The third kappa shape index (κ3) is 15.7. The van der Waals surface area contributed by atoms with Crippen LogP contribution in [-0.2, 0) is 38.1 Å².